The van der Waals surface area contributed by atoms with E-state index >= 15 is 0 Å². The molecule has 4 heteroatoms. The van der Waals surface area contributed by atoms with Gasteiger partial charge in [-0.2, -0.15) is 5.11 Å². The van der Waals surface area contributed by atoms with E-state index in [2.05, 4.69) is 15.2 Å². The second-order valence-corrected chi connectivity index (χ2v) is 2.93. The predicted octanol–water partition coefficient (Wildman–Crippen LogP) is 2.25. The lowest BCUT2D eigenvalue weighted by molar-refractivity contribution is -0.144. The lowest BCUT2D eigenvalue weighted by Crippen LogP contribution is -1.98. The molecule has 1 aliphatic heterocycles. The fraction of sp³-hybridized carbons (Fsp3) is 0.875. The largest absolute Gasteiger partial charge is 0.336 e. The summed E-state index contributed by atoms with van der Waals surface area (Å²) >= 11 is 0. The third-order valence-electron chi connectivity index (χ3n) is 1.84. The van der Waals surface area contributed by atoms with Crippen LogP contribution in [0.4, 0.5) is 0 Å². The fourth-order valence-electron chi connectivity index (χ4n) is 1.14. The van der Waals surface area contributed by atoms with Crippen LogP contribution in [0.1, 0.15) is 38.5 Å². The average Bonchev–Trinajstić information content (AvgIpc) is 2.11. The lowest BCUT2D eigenvalue weighted by Gasteiger charge is -1.96. The van der Waals surface area contributed by atoms with Crippen LogP contribution in [-0.2, 0) is 9.63 Å². The van der Waals surface area contributed by atoms with Crippen LogP contribution in [0.2, 0.25) is 0 Å². The molecule has 0 saturated carbocycles. The summed E-state index contributed by atoms with van der Waals surface area (Å²) in [6.07, 6.45) is 5.89. The van der Waals surface area contributed by atoms with Crippen molar-refractivity contribution in [2.24, 2.45) is 10.4 Å². The number of nitrogens with zero attached hydrogens (tertiary/aromatic N) is 2. The Morgan fingerprint density at radius 3 is 2.75 bits per heavy atom. The molecule has 0 amide bonds. The van der Waals surface area contributed by atoms with Crippen molar-refractivity contribution in [3.05, 3.63) is 0 Å². The molecule has 0 aromatic heterocycles. The predicted molar refractivity (Wildman–Crippen MR) is 43.5 cm³/mol. The van der Waals surface area contributed by atoms with Gasteiger partial charge < -0.3 is 4.84 Å². The second-order valence-electron chi connectivity index (χ2n) is 2.93. The minimum atomic E-state index is -0.263. The number of rotatable bonds is 0. The van der Waals surface area contributed by atoms with E-state index in [0.717, 1.165) is 19.3 Å². The maximum absolute atomic E-state index is 10.8. The van der Waals surface area contributed by atoms with E-state index in [1.807, 2.05) is 0 Å². The van der Waals surface area contributed by atoms with Gasteiger partial charge in [-0.05, 0) is 12.8 Å². The Morgan fingerprint density at radius 1 is 1.08 bits per heavy atom. The molecule has 0 radical (unpaired) electrons. The number of carbonyl (C=O) groups excluding carboxylic acids is 1. The summed E-state index contributed by atoms with van der Waals surface area (Å²) in [5.74, 6) is -0.263. The molecule has 0 N–H and O–H groups in total. The first-order valence-corrected chi connectivity index (χ1v) is 4.46. The Balaban J connectivity index is 2.28. The van der Waals surface area contributed by atoms with Crippen LogP contribution in [0.5, 0.6) is 0 Å². The van der Waals surface area contributed by atoms with Gasteiger partial charge in [-0.1, -0.05) is 19.3 Å². The van der Waals surface area contributed by atoms with Crippen molar-refractivity contribution in [1.29, 1.82) is 0 Å². The zero-order chi connectivity index (χ0) is 8.65. The summed E-state index contributed by atoms with van der Waals surface area (Å²) in [5, 5.41) is 7.04. The average molecular weight is 170 g/mol. The van der Waals surface area contributed by atoms with Gasteiger partial charge in [0.05, 0.1) is 6.54 Å². The quantitative estimate of drug-likeness (QED) is 0.559. The highest BCUT2D eigenvalue weighted by Crippen LogP contribution is 2.07. The zero-order valence-electron chi connectivity index (χ0n) is 7.16. The molecule has 0 aromatic carbocycles. The summed E-state index contributed by atoms with van der Waals surface area (Å²) in [5.41, 5.74) is 0. The van der Waals surface area contributed by atoms with Crippen LogP contribution in [0.3, 0.4) is 0 Å². The van der Waals surface area contributed by atoms with E-state index in [4.69, 9.17) is 0 Å². The Kier molecular flexibility index (Phi) is 4.34. The van der Waals surface area contributed by atoms with E-state index in [1.54, 1.807) is 0 Å². The molecule has 1 heterocycles. The van der Waals surface area contributed by atoms with Gasteiger partial charge in [-0.3, -0.25) is 0 Å². The third-order valence-corrected chi connectivity index (χ3v) is 1.84. The van der Waals surface area contributed by atoms with E-state index in [1.165, 1.54) is 12.8 Å². The van der Waals surface area contributed by atoms with Crippen LogP contribution < -0.4 is 0 Å². The van der Waals surface area contributed by atoms with Crippen LogP contribution in [-0.4, -0.2) is 12.5 Å². The molecule has 12 heavy (non-hydrogen) atoms. The smallest absolute Gasteiger partial charge is 0.300 e. The van der Waals surface area contributed by atoms with Crippen molar-refractivity contribution in [2.45, 2.75) is 38.5 Å². The molecule has 0 saturated heterocycles. The van der Waals surface area contributed by atoms with Gasteiger partial charge in [0.25, 0.3) is 0 Å². The third kappa shape index (κ3) is 4.05. The second kappa shape index (κ2) is 5.69. The molecule has 4 nitrogen and oxygen atoms in total. The standard InChI is InChI=1S/C8H14N2O2/c11-8-6-4-2-1-3-5-7-9-10-12-8/h1-7H2. The monoisotopic (exact) mass is 170 g/mol. The summed E-state index contributed by atoms with van der Waals surface area (Å²) in [6, 6.07) is 0. The van der Waals surface area contributed by atoms with Crippen molar-refractivity contribution >= 4 is 5.97 Å². The molecule has 1 rings (SSSR count). The SMILES string of the molecule is O=C1CCCCCCCN=NO1. The van der Waals surface area contributed by atoms with Crippen LogP contribution in [0, 0.1) is 0 Å². The van der Waals surface area contributed by atoms with Crippen molar-refractivity contribution in [2.75, 3.05) is 6.54 Å². The van der Waals surface area contributed by atoms with Crippen LogP contribution in [0.25, 0.3) is 0 Å². The minimum absolute atomic E-state index is 0.263. The minimum Gasteiger partial charge on any atom is -0.300 e. The lowest BCUT2D eigenvalue weighted by atomic mass is 10.1. The highest BCUT2D eigenvalue weighted by molar-refractivity contribution is 5.68. The van der Waals surface area contributed by atoms with Gasteiger partial charge in [0.15, 0.2) is 0 Å². The summed E-state index contributed by atoms with van der Waals surface area (Å²) in [4.78, 5) is 15.3. The molecule has 0 spiro atoms. The molecule has 0 unspecified atom stereocenters. The van der Waals surface area contributed by atoms with Crippen molar-refractivity contribution in [1.82, 2.24) is 0 Å². The molecule has 0 fully saturated rings. The van der Waals surface area contributed by atoms with E-state index in [9.17, 15) is 4.79 Å². The van der Waals surface area contributed by atoms with Gasteiger partial charge >= 0.3 is 5.97 Å². The van der Waals surface area contributed by atoms with Gasteiger partial charge in [-0.15, -0.1) is 0 Å². The topological polar surface area (TPSA) is 51.0 Å². The van der Waals surface area contributed by atoms with Gasteiger partial charge in [0, 0.05) is 11.7 Å². The van der Waals surface area contributed by atoms with Gasteiger partial charge in [-0.25, -0.2) is 4.79 Å². The zero-order valence-corrected chi connectivity index (χ0v) is 7.16. The van der Waals surface area contributed by atoms with E-state index in [-0.39, 0.29) is 5.97 Å². The highest BCUT2D eigenvalue weighted by Gasteiger charge is 2.02. The number of hydrogen-bond donors (Lipinski definition) is 0. The maximum Gasteiger partial charge on any atom is 0.336 e. The molecular weight excluding hydrogens is 156 g/mol. The Hall–Kier alpha value is -0.930. The first-order chi connectivity index (χ1) is 5.89. The van der Waals surface area contributed by atoms with Gasteiger partial charge in [0.1, 0.15) is 0 Å². The van der Waals surface area contributed by atoms with E-state index in [0.29, 0.717) is 13.0 Å². The van der Waals surface area contributed by atoms with Crippen LogP contribution >= 0.6 is 0 Å². The molecule has 0 atom stereocenters. The van der Waals surface area contributed by atoms with Crippen molar-refractivity contribution in [3.8, 4) is 0 Å². The first-order valence-electron chi connectivity index (χ1n) is 4.46. The summed E-state index contributed by atoms with van der Waals surface area (Å²) in [7, 11) is 0. The molecule has 1 aliphatic rings. The maximum atomic E-state index is 10.8. The number of hydrogen-bond acceptors (Lipinski definition) is 4. The number of carbonyl (C=O) groups is 1. The first kappa shape index (κ1) is 9.16. The molecule has 0 aromatic rings. The highest BCUT2D eigenvalue weighted by atomic mass is 16.7. The van der Waals surface area contributed by atoms with Crippen LogP contribution in [0.15, 0.2) is 10.4 Å². The Morgan fingerprint density at radius 2 is 1.83 bits per heavy atom. The molecular formula is C8H14N2O2. The van der Waals surface area contributed by atoms with Gasteiger partial charge in [0.2, 0.25) is 0 Å². The summed E-state index contributed by atoms with van der Waals surface area (Å²) < 4.78 is 0. The Labute approximate surface area is 72.0 Å². The fourth-order valence-corrected chi connectivity index (χ4v) is 1.14. The molecule has 0 bridgehead atoms. The summed E-state index contributed by atoms with van der Waals surface area (Å²) in [6.45, 7) is 0.674. The Bertz CT molecular complexity index is 168. The normalized spacial score (nSPS) is 21.2. The molecule has 68 valence electrons. The van der Waals surface area contributed by atoms with Crippen molar-refractivity contribution in [3.63, 3.8) is 0 Å². The van der Waals surface area contributed by atoms with Crippen molar-refractivity contribution < 1.29 is 9.63 Å². The molecule has 0 aliphatic carbocycles. The van der Waals surface area contributed by atoms with E-state index < -0.39 is 0 Å².